The molecule has 4 nitrogen and oxygen atoms in total. The molecule has 0 aromatic rings. The van der Waals surface area contributed by atoms with E-state index in [0.29, 0.717) is 13.0 Å². The van der Waals surface area contributed by atoms with Crippen molar-refractivity contribution in [3.8, 4) is 0 Å². The fraction of sp³-hybridized carbons (Fsp3) is 0.929. The molecule has 2 N–H and O–H groups in total. The Balaban J connectivity index is 1.70. The molecule has 2 rings (SSSR count). The SMILES string of the molecule is CN(CCN1CCCC1)C(=O)CC1(CN)CCC1. The molecule has 0 bridgehead atoms. The maximum atomic E-state index is 12.2. The first kappa shape index (κ1) is 13.8. The minimum Gasteiger partial charge on any atom is -0.344 e. The smallest absolute Gasteiger partial charge is 0.222 e. The second kappa shape index (κ2) is 6.02. The van der Waals surface area contributed by atoms with Crippen LogP contribution in [-0.4, -0.2) is 55.5 Å². The van der Waals surface area contributed by atoms with Crippen molar-refractivity contribution in [1.29, 1.82) is 0 Å². The Labute approximate surface area is 110 Å². The average molecular weight is 253 g/mol. The standard InChI is InChI=1S/C14H27N3O/c1-16(9-10-17-7-2-3-8-17)13(18)11-14(12-15)5-4-6-14/h2-12,15H2,1H3. The van der Waals surface area contributed by atoms with E-state index in [-0.39, 0.29) is 11.3 Å². The second-order valence-electron chi connectivity index (χ2n) is 6.10. The van der Waals surface area contributed by atoms with E-state index in [4.69, 9.17) is 5.73 Å². The third-order valence-corrected chi connectivity index (χ3v) is 4.75. The number of nitrogens with two attached hydrogens (primary N) is 1. The molecule has 1 aliphatic carbocycles. The molecule has 0 radical (unpaired) electrons. The Hall–Kier alpha value is -0.610. The lowest BCUT2D eigenvalue weighted by atomic mass is 9.66. The lowest BCUT2D eigenvalue weighted by Gasteiger charge is -2.41. The van der Waals surface area contributed by atoms with Crippen LogP contribution >= 0.6 is 0 Å². The highest BCUT2D eigenvalue weighted by atomic mass is 16.2. The first-order valence-corrected chi connectivity index (χ1v) is 7.32. The maximum absolute atomic E-state index is 12.2. The average Bonchev–Trinajstić information content (AvgIpc) is 2.83. The zero-order chi connectivity index (χ0) is 13.0. The van der Waals surface area contributed by atoms with Crippen LogP contribution in [-0.2, 0) is 4.79 Å². The van der Waals surface area contributed by atoms with Crippen molar-refractivity contribution < 1.29 is 4.79 Å². The Kier molecular flexibility index (Phi) is 4.62. The van der Waals surface area contributed by atoms with Crippen molar-refractivity contribution in [1.82, 2.24) is 9.80 Å². The van der Waals surface area contributed by atoms with Crippen LogP contribution in [0.15, 0.2) is 0 Å². The Morgan fingerprint density at radius 1 is 1.28 bits per heavy atom. The summed E-state index contributed by atoms with van der Waals surface area (Å²) in [6, 6.07) is 0. The molecule has 18 heavy (non-hydrogen) atoms. The molecule has 1 aliphatic heterocycles. The van der Waals surface area contributed by atoms with Gasteiger partial charge in [0.25, 0.3) is 0 Å². The number of carbonyl (C=O) groups excluding carboxylic acids is 1. The van der Waals surface area contributed by atoms with E-state index in [1.807, 2.05) is 11.9 Å². The van der Waals surface area contributed by atoms with Gasteiger partial charge in [0.05, 0.1) is 0 Å². The Morgan fingerprint density at radius 2 is 1.94 bits per heavy atom. The number of hydrogen-bond donors (Lipinski definition) is 1. The number of amides is 1. The molecule has 0 aromatic heterocycles. The normalized spacial score (nSPS) is 22.8. The van der Waals surface area contributed by atoms with E-state index in [9.17, 15) is 4.79 Å². The molecule has 1 heterocycles. The molecule has 4 heteroatoms. The summed E-state index contributed by atoms with van der Waals surface area (Å²) in [6.45, 7) is 4.96. The van der Waals surface area contributed by atoms with Gasteiger partial charge in [-0.3, -0.25) is 4.79 Å². The quantitative estimate of drug-likeness (QED) is 0.770. The van der Waals surface area contributed by atoms with Crippen LogP contribution in [0, 0.1) is 5.41 Å². The topological polar surface area (TPSA) is 49.6 Å². The summed E-state index contributed by atoms with van der Waals surface area (Å²) in [5.41, 5.74) is 5.95. The summed E-state index contributed by atoms with van der Waals surface area (Å²) in [5, 5.41) is 0. The fourth-order valence-corrected chi connectivity index (χ4v) is 3.01. The summed E-state index contributed by atoms with van der Waals surface area (Å²) in [7, 11) is 1.93. The zero-order valence-corrected chi connectivity index (χ0v) is 11.7. The molecule has 2 aliphatic rings. The summed E-state index contributed by atoms with van der Waals surface area (Å²) >= 11 is 0. The highest BCUT2D eigenvalue weighted by Gasteiger charge is 2.38. The van der Waals surface area contributed by atoms with Gasteiger partial charge in [-0.15, -0.1) is 0 Å². The Morgan fingerprint density at radius 3 is 2.44 bits per heavy atom. The number of hydrogen-bond acceptors (Lipinski definition) is 3. The molecule has 0 atom stereocenters. The van der Waals surface area contributed by atoms with Gasteiger partial charge in [-0.2, -0.15) is 0 Å². The number of carbonyl (C=O) groups is 1. The predicted molar refractivity (Wildman–Crippen MR) is 73.3 cm³/mol. The van der Waals surface area contributed by atoms with Crippen LogP contribution < -0.4 is 5.73 Å². The molecule has 1 amide bonds. The van der Waals surface area contributed by atoms with Gasteiger partial charge in [0.2, 0.25) is 5.91 Å². The van der Waals surface area contributed by atoms with Crippen molar-refractivity contribution in [3.63, 3.8) is 0 Å². The van der Waals surface area contributed by atoms with Crippen LogP contribution in [0.4, 0.5) is 0 Å². The van der Waals surface area contributed by atoms with Crippen LogP contribution in [0.5, 0.6) is 0 Å². The van der Waals surface area contributed by atoms with E-state index in [1.165, 1.54) is 32.4 Å². The van der Waals surface area contributed by atoms with Crippen molar-refractivity contribution >= 4 is 5.91 Å². The van der Waals surface area contributed by atoms with Gasteiger partial charge in [-0.05, 0) is 50.7 Å². The zero-order valence-electron chi connectivity index (χ0n) is 11.7. The van der Waals surface area contributed by atoms with Gasteiger partial charge in [-0.25, -0.2) is 0 Å². The third-order valence-electron chi connectivity index (χ3n) is 4.75. The van der Waals surface area contributed by atoms with Crippen molar-refractivity contribution in [2.75, 3.05) is 39.8 Å². The number of likely N-dealkylation sites (tertiary alicyclic amines) is 1. The number of likely N-dealkylation sites (N-methyl/N-ethyl adjacent to an activating group) is 1. The molecule has 0 spiro atoms. The predicted octanol–water partition coefficient (Wildman–Crippen LogP) is 1.06. The molecule has 1 saturated carbocycles. The van der Waals surface area contributed by atoms with E-state index in [2.05, 4.69) is 4.90 Å². The van der Waals surface area contributed by atoms with Gasteiger partial charge in [0.1, 0.15) is 0 Å². The van der Waals surface area contributed by atoms with Crippen LogP contribution in [0.2, 0.25) is 0 Å². The molecule has 104 valence electrons. The van der Waals surface area contributed by atoms with Crippen molar-refractivity contribution in [2.45, 2.75) is 38.5 Å². The van der Waals surface area contributed by atoms with Crippen molar-refractivity contribution in [3.05, 3.63) is 0 Å². The highest BCUT2D eigenvalue weighted by Crippen LogP contribution is 2.43. The van der Waals surface area contributed by atoms with Gasteiger partial charge in [0, 0.05) is 26.6 Å². The maximum Gasteiger partial charge on any atom is 0.222 e. The van der Waals surface area contributed by atoms with Gasteiger partial charge in [-0.1, -0.05) is 6.42 Å². The van der Waals surface area contributed by atoms with E-state index in [1.54, 1.807) is 0 Å². The summed E-state index contributed by atoms with van der Waals surface area (Å²) in [6.07, 6.45) is 6.79. The van der Waals surface area contributed by atoms with E-state index >= 15 is 0 Å². The monoisotopic (exact) mass is 253 g/mol. The molecular formula is C14H27N3O. The molecule has 0 unspecified atom stereocenters. The van der Waals surface area contributed by atoms with Gasteiger partial charge in [0.15, 0.2) is 0 Å². The molecule has 0 aromatic carbocycles. The first-order valence-electron chi connectivity index (χ1n) is 7.32. The van der Waals surface area contributed by atoms with Crippen LogP contribution in [0.1, 0.15) is 38.5 Å². The van der Waals surface area contributed by atoms with Crippen molar-refractivity contribution in [2.24, 2.45) is 11.1 Å². The minimum atomic E-state index is 0.138. The highest BCUT2D eigenvalue weighted by molar-refractivity contribution is 5.76. The molecule has 1 saturated heterocycles. The summed E-state index contributed by atoms with van der Waals surface area (Å²) in [4.78, 5) is 16.5. The Bertz CT molecular complexity index is 277. The number of nitrogens with zero attached hydrogens (tertiary/aromatic N) is 2. The largest absolute Gasteiger partial charge is 0.344 e. The van der Waals surface area contributed by atoms with Gasteiger partial charge >= 0.3 is 0 Å². The first-order chi connectivity index (χ1) is 8.65. The third kappa shape index (κ3) is 3.23. The minimum absolute atomic E-state index is 0.138. The van der Waals surface area contributed by atoms with E-state index < -0.39 is 0 Å². The molecular weight excluding hydrogens is 226 g/mol. The molecule has 2 fully saturated rings. The van der Waals surface area contributed by atoms with Gasteiger partial charge < -0.3 is 15.5 Å². The van der Waals surface area contributed by atoms with Crippen LogP contribution in [0.25, 0.3) is 0 Å². The lowest BCUT2D eigenvalue weighted by molar-refractivity contribution is -0.133. The van der Waals surface area contributed by atoms with Crippen LogP contribution in [0.3, 0.4) is 0 Å². The van der Waals surface area contributed by atoms with E-state index in [0.717, 1.165) is 25.9 Å². The summed E-state index contributed by atoms with van der Waals surface area (Å²) < 4.78 is 0. The lowest BCUT2D eigenvalue weighted by Crippen LogP contribution is -2.43. The second-order valence-corrected chi connectivity index (χ2v) is 6.10. The number of rotatable bonds is 6. The fourth-order valence-electron chi connectivity index (χ4n) is 3.01. The summed E-state index contributed by atoms with van der Waals surface area (Å²) in [5.74, 6) is 0.277.